The van der Waals surface area contributed by atoms with Gasteiger partial charge in [0.1, 0.15) is 23.7 Å². The summed E-state index contributed by atoms with van der Waals surface area (Å²) in [7, 11) is 0. The van der Waals surface area contributed by atoms with Gasteiger partial charge in [-0.1, -0.05) is 18.2 Å². The van der Waals surface area contributed by atoms with Gasteiger partial charge in [-0.15, -0.1) is 0 Å². The molecule has 1 fully saturated rings. The van der Waals surface area contributed by atoms with E-state index in [1.807, 2.05) is 42.5 Å². The zero-order valence-electron chi connectivity index (χ0n) is 16.5. The first-order chi connectivity index (χ1) is 14.3. The molecule has 148 valence electrons. The Morgan fingerprint density at radius 2 is 1.69 bits per heavy atom. The standard InChI is InChI=1S/C23H25N5O/c1-16-21-22(17-7-9-20(10-8-17)29-19-5-3-2-4-6-19)27-28(23(21)26-15-25-16)18-11-13-24-14-12-18/h2-10,15-16,18,21,24H,11-14H2,1H3. The molecule has 2 atom stereocenters. The molecule has 3 aliphatic heterocycles. The molecule has 0 aromatic heterocycles. The van der Waals surface area contributed by atoms with Crippen molar-refractivity contribution in [2.45, 2.75) is 31.8 Å². The number of hydrogen-bond acceptors (Lipinski definition) is 6. The fourth-order valence-corrected chi connectivity index (χ4v) is 4.24. The van der Waals surface area contributed by atoms with Crippen LogP contribution in [0.4, 0.5) is 0 Å². The van der Waals surface area contributed by atoms with Gasteiger partial charge in [-0.3, -0.25) is 4.99 Å². The third-order valence-corrected chi connectivity index (χ3v) is 5.78. The summed E-state index contributed by atoms with van der Waals surface area (Å²) >= 11 is 0. The number of hydrogen-bond donors (Lipinski definition) is 1. The van der Waals surface area contributed by atoms with Crippen molar-refractivity contribution in [1.29, 1.82) is 0 Å². The normalized spacial score (nSPS) is 24.1. The Balaban J connectivity index is 1.42. The van der Waals surface area contributed by atoms with E-state index in [0.717, 1.165) is 54.5 Å². The monoisotopic (exact) mass is 387 g/mol. The summed E-state index contributed by atoms with van der Waals surface area (Å²) in [4.78, 5) is 9.18. The highest BCUT2D eigenvalue weighted by molar-refractivity contribution is 6.19. The summed E-state index contributed by atoms with van der Waals surface area (Å²) in [5.74, 6) is 2.80. The maximum atomic E-state index is 5.94. The quantitative estimate of drug-likeness (QED) is 0.870. The highest BCUT2D eigenvalue weighted by Gasteiger charge is 2.42. The first-order valence-electron chi connectivity index (χ1n) is 10.3. The van der Waals surface area contributed by atoms with E-state index in [0.29, 0.717) is 6.04 Å². The molecule has 0 radical (unpaired) electrons. The van der Waals surface area contributed by atoms with Crippen molar-refractivity contribution >= 4 is 17.9 Å². The number of aliphatic imine (C=N–C) groups is 2. The van der Waals surface area contributed by atoms with Gasteiger partial charge in [0.2, 0.25) is 0 Å². The van der Waals surface area contributed by atoms with Crippen molar-refractivity contribution in [2.75, 3.05) is 13.1 Å². The highest BCUT2D eigenvalue weighted by atomic mass is 16.5. The lowest BCUT2D eigenvalue weighted by Crippen LogP contribution is -2.45. The summed E-state index contributed by atoms with van der Waals surface area (Å²) in [6.07, 6.45) is 3.86. The largest absolute Gasteiger partial charge is 0.457 e. The second-order valence-corrected chi connectivity index (χ2v) is 7.72. The van der Waals surface area contributed by atoms with Gasteiger partial charge in [0.05, 0.1) is 23.7 Å². The Hall–Kier alpha value is -2.99. The van der Waals surface area contributed by atoms with Crippen LogP contribution in [0.3, 0.4) is 0 Å². The molecule has 0 amide bonds. The zero-order chi connectivity index (χ0) is 19.6. The molecule has 6 heteroatoms. The molecule has 3 aliphatic rings. The fraction of sp³-hybridized carbons (Fsp3) is 0.348. The maximum absolute atomic E-state index is 5.94. The highest BCUT2D eigenvalue weighted by Crippen LogP contribution is 2.32. The molecule has 0 spiro atoms. The van der Waals surface area contributed by atoms with Crippen LogP contribution in [-0.4, -0.2) is 48.1 Å². The third kappa shape index (κ3) is 3.56. The maximum Gasteiger partial charge on any atom is 0.138 e. The van der Waals surface area contributed by atoms with Crippen molar-refractivity contribution in [3.05, 3.63) is 60.2 Å². The Labute approximate surface area is 171 Å². The summed E-state index contributed by atoms with van der Waals surface area (Å²) in [6.45, 7) is 4.20. The SMILES string of the molecule is CC1N=CN=C2C1C(c1ccc(Oc3ccccc3)cc1)=NN2C1CCNCC1. The molecule has 2 unspecified atom stereocenters. The van der Waals surface area contributed by atoms with Crippen LogP contribution in [0.1, 0.15) is 25.3 Å². The van der Waals surface area contributed by atoms with Gasteiger partial charge in [0, 0.05) is 0 Å². The predicted octanol–water partition coefficient (Wildman–Crippen LogP) is 3.70. The molecular weight excluding hydrogens is 362 g/mol. The smallest absolute Gasteiger partial charge is 0.138 e. The van der Waals surface area contributed by atoms with Crippen molar-refractivity contribution in [1.82, 2.24) is 10.3 Å². The van der Waals surface area contributed by atoms with Gasteiger partial charge >= 0.3 is 0 Å². The number of nitrogens with one attached hydrogen (secondary N) is 1. The Morgan fingerprint density at radius 1 is 0.966 bits per heavy atom. The third-order valence-electron chi connectivity index (χ3n) is 5.78. The Morgan fingerprint density at radius 3 is 2.45 bits per heavy atom. The minimum absolute atomic E-state index is 0.107. The van der Waals surface area contributed by atoms with Crippen LogP contribution in [-0.2, 0) is 0 Å². The van der Waals surface area contributed by atoms with E-state index in [-0.39, 0.29) is 12.0 Å². The zero-order valence-corrected chi connectivity index (χ0v) is 16.5. The number of nitrogens with zero attached hydrogens (tertiary/aromatic N) is 4. The van der Waals surface area contributed by atoms with E-state index in [9.17, 15) is 0 Å². The average Bonchev–Trinajstić information content (AvgIpc) is 3.17. The lowest BCUT2D eigenvalue weighted by atomic mass is 9.89. The summed E-state index contributed by atoms with van der Waals surface area (Å²) in [5.41, 5.74) is 2.15. The number of rotatable bonds is 4. The van der Waals surface area contributed by atoms with Crippen LogP contribution >= 0.6 is 0 Å². The Bertz CT molecular complexity index is 945. The minimum atomic E-state index is 0.107. The molecule has 1 saturated heterocycles. The lowest BCUT2D eigenvalue weighted by Gasteiger charge is -2.32. The summed E-state index contributed by atoms with van der Waals surface area (Å²) in [5, 5.41) is 10.7. The molecule has 3 heterocycles. The molecule has 6 nitrogen and oxygen atoms in total. The Kier molecular flexibility index (Phi) is 4.86. The van der Waals surface area contributed by atoms with Gasteiger partial charge in [0.25, 0.3) is 0 Å². The second-order valence-electron chi connectivity index (χ2n) is 7.72. The summed E-state index contributed by atoms with van der Waals surface area (Å²) < 4.78 is 5.94. The number of benzene rings is 2. The van der Waals surface area contributed by atoms with Gasteiger partial charge in [-0.25, -0.2) is 10.0 Å². The topological polar surface area (TPSA) is 61.6 Å². The first kappa shape index (κ1) is 18.1. The molecule has 0 saturated carbocycles. The van der Waals surface area contributed by atoms with Gasteiger partial charge in [0.15, 0.2) is 0 Å². The number of para-hydroxylation sites is 1. The van der Waals surface area contributed by atoms with Crippen molar-refractivity contribution in [2.24, 2.45) is 21.0 Å². The number of piperidine rings is 1. The molecular formula is C23H25N5O. The molecule has 29 heavy (non-hydrogen) atoms. The molecule has 2 aromatic carbocycles. The number of fused-ring (bicyclic) bond motifs is 1. The molecule has 5 rings (SSSR count). The van der Waals surface area contributed by atoms with Crippen molar-refractivity contribution in [3.8, 4) is 11.5 Å². The van der Waals surface area contributed by atoms with Crippen LogP contribution < -0.4 is 10.1 Å². The van der Waals surface area contributed by atoms with Crippen LogP contribution in [0, 0.1) is 5.92 Å². The van der Waals surface area contributed by atoms with Crippen LogP contribution in [0.5, 0.6) is 11.5 Å². The summed E-state index contributed by atoms with van der Waals surface area (Å²) in [6, 6.07) is 18.6. The lowest BCUT2D eigenvalue weighted by molar-refractivity contribution is 0.262. The van der Waals surface area contributed by atoms with E-state index < -0.39 is 0 Å². The van der Waals surface area contributed by atoms with Crippen molar-refractivity contribution < 1.29 is 4.74 Å². The van der Waals surface area contributed by atoms with Crippen LogP contribution in [0.2, 0.25) is 0 Å². The van der Waals surface area contributed by atoms with Gasteiger partial charge < -0.3 is 10.1 Å². The molecule has 1 N–H and O–H groups in total. The first-order valence-corrected chi connectivity index (χ1v) is 10.3. The number of ether oxygens (including phenoxy) is 1. The van der Waals surface area contributed by atoms with Crippen LogP contribution in [0.15, 0.2) is 69.7 Å². The van der Waals surface area contributed by atoms with Gasteiger partial charge in [-0.05, 0) is 74.8 Å². The van der Waals surface area contributed by atoms with E-state index in [1.54, 1.807) is 6.34 Å². The van der Waals surface area contributed by atoms with Crippen molar-refractivity contribution in [3.63, 3.8) is 0 Å². The molecule has 2 aromatic rings. The van der Waals surface area contributed by atoms with E-state index in [1.165, 1.54) is 0 Å². The molecule has 0 bridgehead atoms. The van der Waals surface area contributed by atoms with E-state index >= 15 is 0 Å². The fourth-order valence-electron chi connectivity index (χ4n) is 4.24. The van der Waals surface area contributed by atoms with Gasteiger partial charge in [-0.2, -0.15) is 5.10 Å². The number of amidine groups is 1. The molecule has 0 aliphatic carbocycles. The number of hydrazone groups is 1. The van der Waals surface area contributed by atoms with E-state index in [2.05, 4.69) is 39.4 Å². The minimum Gasteiger partial charge on any atom is -0.457 e. The van der Waals surface area contributed by atoms with E-state index in [4.69, 9.17) is 9.84 Å². The predicted molar refractivity (Wildman–Crippen MR) is 116 cm³/mol. The average molecular weight is 387 g/mol. The van der Waals surface area contributed by atoms with Crippen LogP contribution in [0.25, 0.3) is 0 Å². The second kappa shape index (κ2) is 7.79.